The fourth-order valence-electron chi connectivity index (χ4n) is 3.41. The Morgan fingerprint density at radius 2 is 2.20 bits per heavy atom. The van der Waals surface area contributed by atoms with Gasteiger partial charge in [0.2, 0.25) is 5.95 Å². The van der Waals surface area contributed by atoms with Gasteiger partial charge < -0.3 is 14.8 Å². The Labute approximate surface area is 163 Å². The average molecular weight is 475 g/mol. The first-order valence-electron chi connectivity index (χ1n) is 8.38. The van der Waals surface area contributed by atoms with Crippen molar-refractivity contribution in [3.05, 3.63) is 25.1 Å². The van der Waals surface area contributed by atoms with Crippen molar-refractivity contribution in [1.82, 2.24) is 14.9 Å². The number of fused-ring (bicyclic) bond motifs is 1. The standard InChI is InChI=1S/C16H21Br2N5O2/c1-4-10-8-19-5-6-21(10)16-20-14-12(22(16)9(2)3)7-11(17)13(18)15(14)23(24)25/h7,9-10,19H,4-6,8H2,1-3H3/t10-/m0/s1. The van der Waals surface area contributed by atoms with Crippen molar-refractivity contribution in [1.29, 1.82) is 0 Å². The van der Waals surface area contributed by atoms with E-state index in [1.165, 1.54) is 0 Å². The summed E-state index contributed by atoms with van der Waals surface area (Å²) in [4.78, 5) is 18.3. The quantitative estimate of drug-likeness (QED) is 0.529. The minimum atomic E-state index is -0.367. The van der Waals surface area contributed by atoms with Crippen molar-refractivity contribution < 1.29 is 4.92 Å². The molecule has 1 atom stereocenters. The highest BCUT2D eigenvalue weighted by Gasteiger charge is 2.31. The molecule has 0 spiro atoms. The van der Waals surface area contributed by atoms with Crippen LogP contribution in [0.3, 0.4) is 0 Å². The van der Waals surface area contributed by atoms with Crippen LogP contribution in [0.1, 0.15) is 33.2 Å². The minimum Gasteiger partial charge on any atom is -0.337 e. The number of imidazole rings is 1. The summed E-state index contributed by atoms with van der Waals surface area (Å²) in [6.45, 7) is 8.93. The van der Waals surface area contributed by atoms with E-state index in [1.807, 2.05) is 6.07 Å². The zero-order chi connectivity index (χ0) is 18.3. The van der Waals surface area contributed by atoms with Gasteiger partial charge in [0.25, 0.3) is 0 Å². The summed E-state index contributed by atoms with van der Waals surface area (Å²) in [5.74, 6) is 0.812. The molecule has 3 rings (SSSR count). The molecule has 1 aliphatic rings. The van der Waals surface area contributed by atoms with Crippen LogP contribution in [0.15, 0.2) is 15.0 Å². The predicted molar refractivity (Wildman–Crippen MR) is 106 cm³/mol. The van der Waals surface area contributed by atoms with Crippen molar-refractivity contribution in [2.75, 3.05) is 24.5 Å². The monoisotopic (exact) mass is 473 g/mol. The number of nitro benzene ring substituents is 1. The van der Waals surface area contributed by atoms with Crippen LogP contribution in [0.2, 0.25) is 0 Å². The molecule has 1 aromatic heterocycles. The Morgan fingerprint density at radius 1 is 1.48 bits per heavy atom. The van der Waals surface area contributed by atoms with Gasteiger partial charge in [0.15, 0.2) is 5.52 Å². The zero-order valence-electron chi connectivity index (χ0n) is 14.4. The normalized spacial score (nSPS) is 18.3. The molecule has 0 aliphatic carbocycles. The molecule has 1 N–H and O–H groups in total. The lowest BCUT2D eigenvalue weighted by Crippen LogP contribution is -2.52. The van der Waals surface area contributed by atoms with E-state index in [4.69, 9.17) is 4.98 Å². The number of nitrogens with one attached hydrogen (secondary N) is 1. The molecule has 0 bridgehead atoms. The molecule has 136 valence electrons. The number of piperazine rings is 1. The van der Waals surface area contributed by atoms with E-state index in [0.29, 0.717) is 20.5 Å². The van der Waals surface area contributed by atoms with Gasteiger partial charge in [0.05, 0.1) is 10.4 Å². The molecule has 7 nitrogen and oxygen atoms in total. The summed E-state index contributed by atoms with van der Waals surface area (Å²) in [7, 11) is 0. The van der Waals surface area contributed by atoms with Gasteiger partial charge in [-0.1, -0.05) is 6.92 Å². The molecular weight excluding hydrogens is 454 g/mol. The number of benzene rings is 1. The Balaban J connectivity index is 2.30. The molecular formula is C16H21Br2N5O2. The first-order chi connectivity index (χ1) is 11.9. The van der Waals surface area contributed by atoms with Gasteiger partial charge in [-0.2, -0.15) is 0 Å². The molecule has 1 fully saturated rings. The Hall–Kier alpha value is -1.19. The third kappa shape index (κ3) is 3.17. The second-order valence-corrected chi connectivity index (χ2v) is 8.13. The lowest BCUT2D eigenvalue weighted by atomic mass is 10.1. The van der Waals surface area contributed by atoms with E-state index in [9.17, 15) is 10.1 Å². The van der Waals surface area contributed by atoms with Crippen LogP contribution < -0.4 is 10.2 Å². The number of nitrogens with zero attached hydrogens (tertiary/aromatic N) is 4. The highest BCUT2D eigenvalue weighted by atomic mass is 79.9. The van der Waals surface area contributed by atoms with E-state index < -0.39 is 0 Å². The lowest BCUT2D eigenvalue weighted by molar-refractivity contribution is -0.384. The molecule has 1 aliphatic heterocycles. The van der Waals surface area contributed by atoms with E-state index in [-0.39, 0.29) is 16.7 Å². The van der Waals surface area contributed by atoms with E-state index in [2.05, 4.69) is 67.4 Å². The number of nitro groups is 1. The van der Waals surface area contributed by atoms with Crippen molar-refractivity contribution in [2.45, 2.75) is 39.3 Å². The smallest absolute Gasteiger partial charge is 0.312 e. The van der Waals surface area contributed by atoms with Gasteiger partial charge in [-0.3, -0.25) is 10.1 Å². The molecule has 0 amide bonds. The van der Waals surface area contributed by atoms with Crippen molar-refractivity contribution >= 4 is 54.5 Å². The molecule has 2 heterocycles. The van der Waals surface area contributed by atoms with Crippen LogP contribution in [0.25, 0.3) is 11.0 Å². The molecule has 1 aromatic carbocycles. The maximum Gasteiger partial charge on any atom is 0.312 e. The Bertz CT molecular complexity index is 821. The topological polar surface area (TPSA) is 76.2 Å². The first-order valence-corrected chi connectivity index (χ1v) is 9.97. The average Bonchev–Trinajstić information content (AvgIpc) is 2.93. The third-order valence-electron chi connectivity index (χ3n) is 4.61. The maximum absolute atomic E-state index is 11.7. The van der Waals surface area contributed by atoms with Crippen LogP contribution >= 0.6 is 31.9 Å². The number of aromatic nitrogens is 2. The molecule has 9 heteroatoms. The van der Waals surface area contributed by atoms with Crippen LogP contribution in [0.5, 0.6) is 0 Å². The van der Waals surface area contributed by atoms with Crippen molar-refractivity contribution in [3.8, 4) is 0 Å². The highest BCUT2D eigenvalue weighted by molar-refractivity contribution is 9.13. The second-order valence-electron chi connectivity index (χ2n) is 6.48. The number of anilines is 1. The number of hydrogen-bond acceptors (Lipinski definition) is 5. The largest absolute Gasteiger partial charge is 0.337 e. The predicted octanol–water partition coefficient (Wildman–Crippen LogP) is 4.24. The van der Waals surface area contributed by atoms with Gasteiger partial charge in [-0.05, 0) is 58.2 Å². The molecule has 0 radical (unpaired) electrons. The van der Waals surface area contributed by atoms with Crippen molar-refractivity contribution in [2.24, 2.45) is 0 Å². The zero-order valence-corrected chi connectivity index (χ0v) is 17.6. The summed E-state index contributed by atoms with van der Waals surface area (Å²) in [5, 5.41) is 15.1. The number of hydrogen-bond donors (Lipinski definition) is 1. The SMILES string of the molecule is CC[C@H]1CNCCN1c1nc2c([N+](=O)[O-])c(Br)c(Br)cc2n1C(C)C. The van der Waals surface area contributed by atoms with Crippen molar-refractivity contribution in [3.63, 3.8) is 0 Å². The molecule has 0 unspecified atom stereocenters. The summed E-state index contributed by atoms with van der Waals surface area (Å²) >= 11 is 6.77. The summed E-state index contributed by atoms with van der Waals surface area (Å²) in [6.07, 6.45) is 0.990. The Kier molecular flexibility index (Phi) is 5.36. The number of rotatable bonds is 4. The fraction of sp³-hybridized carbons (Fsp3) is 0.562. The third-order valence-corrected chi connectivity index (χ3v) is 6.57. The maximum atomic E-state index is 11.7. The van der Waals surface area contributed by atoms with Gasteiger partial charge >= 0.3 is 5.69 Å². The van der Waals surface area contributed by atoms with Crippen LogP contribution in [0.4, 0.5) is 11.6 Å². The minimum absolute atomic E-state index is 0.00760. The molecule has 1 saturated heterocycles. The van der Waals surface area contributed by atoms with Crippen LogP contribution in [-0.2, 0) is 0 Å². The second kappa shape index (κ2) is 7.20. The lowest BCUT2D eigenvalue weighted by Gasteiger charge is -2.37. The van der Waals surface area contributed by atoms with Gasteiger partial charge in [0.1, 0.15) is 4.47 Å². The Morgan fingerprint density at radius 3 is 2.80 bits per heavy atom. The van der Waals surface area contributed by atoms with Crippen LogP contribution in [-0.4, -0.2) is 40.2 Å². The van der Waals surface area contributed by atoms with Gasteiger partial charge in [-0.25, -0.2) is 4.98 Å². The summed E-state index contributed by atoms with van der Waals surface area (Å²) < 4.78 is 3.19. The summed E-state index contributed by atoms with van der Waals surface area (Å²) in [5.41, 5.74) is 1.21. The number of halogens is 2. The first kappa shape index (κ1) is 18.6. The highest BCUT2D eigenvalue weighted by Crippen LogP contribution is 2.41. The molecule has 25 heavy (non-hydrogen) atoms. The molecule has 0 saturated carbocycles. The molecule has 2 aromatic rings. The fourth-order valence-corrected chi connectivity index (χ4v) is 4.26. The van der Waals surface area contributed by atoms with Gasteiger partial charge in [0, 0.05) is 36.2 Å². The van der Waals surface area contributed by atoms with E-state index in [1.54, 1.807) is 0 Å². The van der Waals surface area contributed by atoms with Gasteiger partial charge in [-0.15, -0.1) is 0 Å². The van der Waals surface area contributed by atoms with E-state index in [0.717, 1.165) is 37.5 Å². The van der Waals surface area contributed by atoms with E-state index >= 15 is 0 Å². The summed E-state index contributed by atoms with van der Waals surface area (Å²) in [6, 6.07) is 2.38. The van der Waals surface area contributed by atoms with Crippen LogP contribution in [0, 0.1) is 10.1 Å².